The topological polar surface area (TPSA) is 51.4 Å². The Morgan fingerprint density at radius 3 is 2.56 bits per heavy atom. The van der Waals surface area contributed by atoms with E-state index in [9.17, 15) is 4.39 Å². The van der Waals surface area contributed by atoms with E-state index in [1.54, 1.807) is 11.3 Å². The van der Waals surface area contributed by atoms with Crippen LogP contribution in [-0.4, -0.2) is 37.8 Å². The number of aryl methyl sites for hydroxylation is 2. The second kappa shape index (κ2) is 11.7. The minimum atomic E-state index is 0. The molecular formula is C20H27FN3OSW-. The summed E-state index contributed by atoms with van der Waals surface area (Å²) in [6.45, 7) is 5.74. The summed E-state index contributed by atoms with van der Waals surface area (Å²) in [5.74, 6) is 0. The average molecular weight is 560 g/mol. The van der Waals surface area contributed by atoms with Crippen LogP contribution in [0, 0.1) is 14.4 Å². The van der Waals surface area contributed by atoms with Gasteiger partial charge in [0.25, 0.3) is 0 Å². The number of thiazole rings is 1. The fraction of sp³-hybridized carbons (Fsp3) is 0.400. The van der Waals surface area contributed by atoms with Gasteiger partial charge in [-0.25, -0.2) is 9.37 Å². The molecule has 0 aliphatic carbocycles. The maximum absolute atomic E-state index is 12.6. The van der Waals surface area contributed by atoms with E-state index in [2.05, 4.69) is 36.1 Å². The maximum Gasteiger partial charge on any atom is 0.125 e. The Hall–Kier alpha value is -1.07. The van der Waals surface area contributed by atoms with Crippen molar-refractivity contribution in [1.82, 2.24) is 4.98 Å². The van der Waals surface area contributed by atoms with Crippen LogP contribution in [0.15, 0.2) is 36.2 Å². The number of nitrogens with zero attached hydrogens (tertiary/aromatic N) is 2. The van der Waals surface area contributed by atoms with Gasteiger partial charge >= 0.3 is 0 Å². The van der Waals surface area contributed by atoms with Crippen molar-refractivity contribution in [2.75, 3.05) is 37.7 Å². The summed E-state index contributed by atoms with van der Waals surface area (Å²) in [4.78, 5) is 7.10. The molecule has 1 saturated heterocycles. The third-order valence-electron chi connectivity index (χ3n) is 4.42. The molecule has 27 heavy (non-hydrogen) atoms. The Labute approximate surface area is 179 Å². The molecule has 1 aliphatic rings. The van der Waals surface area contributed by atoms with Crippen LogP contribution in [0.2, 0.25) is 0 Å². The normalized spacial score (nSPS) is 14.5. The minimum Gasteiger partial charge on any atom is -0.378 e. The van der Waals surface area contributed by atoms with Gasteiger partial charge in [-0.3, -0.25) is 0 Å². The molecule has 2 N–H and O–H groups in total. The molecule has 1 fully saturated rings. The molecule has 148 valence electrons. The van der Waals surface area contributed by atoms with E-state index >= 15 is 0 Å². The maximum atomic E-state index is 12.6. The van der Waals surface area contributed by atoms with Crippen LogP contribution in [0.3, 0.4) is 0 Å². The van der Waals surface area contributed by atoms with Crippen molar-refractivity contribution in [3.63, 3.8) is 0 Å². The smallest absolute Gasteiger partial charge is 0.125 e. The zero-order valence-electron chi connectivity index (χ0n) is 15.9. The van der Waals surface area contributed by atoms with E-state index in [0.29, 0.717) is 18.3 Å². The van der Waals surface area contributed by atoms with E-state index in [1.165, 1.54) is 10.6 Å². The minimum absolute atomic E-state index is 0. The molecule has 2 aromatic rings. The summed E-state index contributed by atoms with van der Waals surface area (Å²) in [6.07, 6.45) is 2.08. The van der Waals surface area contributed by atoms with E-state index in [4.69, 9.17) is 15.5 Å². The Kier molecular flexibility index (Phi) is 10.4. The fourth-order valence-corrected chi connectivity index (χ4v) is 4.02. The van der Waals surface area contributed by atoms with E-state index in [1.807, 2.05) is 0 Å². The number of hydrogen-bond acceptors (Lipinski definition) is 5. The molecule has 2 heterocycles. The van der Waals surface area contributed by atoms with Gasteiger partial charge in [-0.15, -0.1) is 0 Å². The molecule has 0 bridgehead atoms. The molecule has 1 aromatic carbocycles. The second-order valence-electron chi connectivity index (χ2n) is 6.18. The predicted octanol–water partition coefficient (Wildman–Crippen LogP) is 4.15. The molecular weight excluding hydrogens is 533 g/mol. The molecule has 0 radical (unpaired) electrons. The van der Waals surface area contributed by atoms with Crippen LogP contribution in [0.4, 0.5) is 9.39 Å². The zero-order valence-corrected chi connectivity index (χ0v) is 19.7. The summed E-state index contributed by atoms with van der Waals surface area (Å²) >= 11 is 1.73. The zero-order chi connectivity index (χ0) is 17.6. The van der Waals surface area contributed by atoms with Crippen molar-refractivity contribution in [3.8, 4) is 10.6 Å². The van der Waals surface area contributed by atoms with E-state index in [0.717, 1.165) is 49.0 Å². The quantitative estimate of drug-likeness (QED) is 0.540. The number of morpholine rings is 1. The van der Waals surface area contributed by atoms with E-state index < -0.39 is 0 Å². The van der Waals surface area contributed by atoms with Gasteiger partial charge in [0.1, 0.15) is 10.0 Å². The molecule has 7 heteroatoms. The first kappa shape index (κ1) is 24.0. The molecule has 0 saturated carbocycles. The number of ether oxygens (including phenoxy) is 1. The van der Waals surface area contributed by atoms with Crippen molar-refractivity contribution in [2.24, 2.45) is 5.73 Å². The van der Waals surface area contributed by atoms with Gasteiger partial charge in [0.2, 0.25) is 0 Å². The number of rotatable bonds is 6. The van der Waals surface area contributed by atoms with Crippen LogP contribution in [0.1, 0.15) is 17.7 Å². The van der Waals surface area contributed by atoms with Gasteiger partial charge in [0.15, 0.2) is 0 Å². The van der Waals surface area contributed by atoms with Crippen LogP contribution >= 0.6 is 11.3 Å². The summed E-state index contributed by atoms with van der Waals surface area (Å²) < 4.78 is 18.0. The molecule has 0 unspecified atom stereocenters. The summed E-state index contributed by atoms with van der Waals surface area (Å²) in [5, 5.41) is 2.28. The van der Waals surface area contributed by atoms with Gasteiger partial charge in [-0.1, -0.05) is 35.6 Å². The first-order valence-electron chi connectivity index (χ1n) is 8.59. The van der Waals surface area contributed by atoms with Crippen molar-refractivity contribution < 1.29 is 30.2 Å². The number of nitrogens with two attached hydrogens (primary N) is 1. The Bertz CT molecular complexity index is 727. The standard InChI is InChI=1S/C19H24FN3OS.CH3.W/c1-14-19(23-8-10-24-11-9-23)25-18(22-14)17-6-4-15(5-7-17)2-3-16(12-20)13-21;;/h4-7,12H,2-3,8-11,13,21H2,1H3;1H3;/q;-1;/b16-12-;;. The number of halogens is 1. The number of anilines is 1. The van der Waals surface area contributed by atoms with Crippen LogP contribution < -0.4 is 10.6 Å². The molecule has 0 amide bonds. The van der Waals surface area contributed by atoms with Gasteiger partial charge in [-0.2, -0.15) is 0 Å². The van der Waals surface area contributed by atoms with Crippen LogP contribution in [0.5, 0.6) is 0 Å². The first-order chi connectivity index (χ1) is 12.2. The molecule has 0 spiro atoms. The van der Waals surface area contributed by atoms with Crippen molar-refractivity contribution in [2.45, 2.75) is 19.8 Å². The predicted molar refractivity (Wildman–Crippen MR) is 108 cm³/mol. The number of benzene rings is 1. The third kappa shape index (κ3) is 6.21. The van der Waals surface area contributed by atoms with Crippen LogP contribution in [0.25, 0.3) is 10.6 Å². The molecule has 3 rings (SSSR count). The third-order valence-corrected chi connectivity index (χ3v) is 5.69. The van der Waals surface area contributed by atoms with Gasteiger partial charge in [-0.05, 0) is 30.9 Å². The van der Waals surface area contributed by atoms with Crippen molar-refractivity contribution in [1.29, 1.82) is 0 Å². The largest absolute Gasteiger partial charge is 0.378 e. The Balaban J connectivity index is 0.00000182. The van der Waals surface area contributed by atoms with Crippen molar-refractivity contribution >= 4 is 16.3 Å². The number of hydrogen-bond donors (Lipinski definition) is 1. The monoisotopic (exact) mass is 560 g/mol. The van der Waals surface area contributed by atoms with Gasteiger partial charge in [0.05, 0.1) is 25.2 Å². The molecule has 0 atom stereocenters. The average Bonchev–Trinajstić information content (AvgIpc) is 3.05. The van der Waals surface area contributed by atoms with Gasteiger partial charge in [0, 0.05) is 46.3 Å². The summed E-state index contributed by atoms with van der Waals surface area (Å²) in [7, 11) is 0. The first-order valence-corrected chi connectivity index (χ1v) is 9.40. The Morgan fingerprint density at radius 2 is 1.96 bits per heavy atom. The fourth-order valence-electron chi connectivity index (χ4n) is 2.89. The molecule has 1 aromatic heterocycles. The summed E-state index contributed by atoms with van der Waals surface area (Å²) in [6, 6.07) is 8.37. The van der Waals surface area contributed by atoms with E-state index in [-0.39, 0.29) is 35.0 Å². The Morgan fingerprint density at radius 1 is 1.30 bits per heavy atom. The van der Waals surface area contributed by atoms with Crippen LogP contribution in [-0.2, 0) is 32.2 Å². The molecule has 1 aliphatic heterocycles. The summed E-state index contributed by atoms with van der Waals surface area (Å²) in [5.41, 5.74) is 9.52. The molecule has 4 nitrogen and oxygen atoms in total. The SMILES string of the molecule is Cc1nc(-c2ccc(CC/C(=C/F)CN)cc2)sc1N1CCOCC1.[CH3-].[W]. The van der Waals surface area contributed by atoms with Gasteiger partial charge < -0.3 is 22.8 Å². The second-order valence-corrected chi connectivity index (χ2v) is 7.15. The van der Waals surface area contributed by atoms with Crippen molar-refractivity contribution in [3.05, 3.63) is 54.9 Å². The number of aromatic nitrogens is 1.